The van der Waals surface area contributed by atoms with Crippen LogP contribution in [0.25, 0.3) is 0 Å². The lowest BCUT2D eigenvalue weighted by molar-refractivity contribution is 0.281. The summed E-state index contributed by atoms with van der Waals surface area (Å²) in [4.78, 5) is 9.51. The minimum atomic E-state index is 0.0462. The molecule has 0 aliphatic carbocycles. The number of hydrogen-bond acceptors (Lipinski definition) is 4. The molecule has 3 nitrogen and oxygen atoms in total. The van der Waals surface area contributed by atoms with Crippen molar-refractivity contribution in [3.63, 3.8) is 0 Å². The molecule has 0 saturated carbocycles. The fraction of sp³-hybridized carbons (Fsp3) is 0.167. The van der Waals surface area contributed by atoms with Crippen molar-refractivity contribution in [2.24, 2.45) is 0 Å². The highest BCUT2D eigenvalue weighted by Crippen LogP contribution is 2.32. The first kappa shape index (κ1) is 12.5. The first-order chi connectivity index (χ1) is 8.19. The third kappa shape index (κ3) is 3.28. The number of rotatable bonds is 3. The van der Waals surface area contributed by atoms with Gasteiger partial charge in [0.2, 0.25) is 0 Å². The summed E-state index contributed by atoms with van der Waals surface area (Å²) in [5.74, 6) is 0. The number of aromatic nitrogens is 2. The van der Waals surface area contributed by atoms with Crippen molar-refractivity contribution in [1.82, 2.24) is 9.97 Å². The van der Waals surface area contributed by atoms with Crippen molar-refractivity contribution < 1.29 is 5.11 Å². The number of halogens is 1. The molecular formula is C12H11BrN2OS. The number of aliphatic hydroxyl groups excluding tert-OH is 1. The summed E-state index contributed by atoms with van der Waals surface area (Å²) in [6.45, 7) is 2.00. The fourth-order valence-corrected chi connectivity index (χ4v) is 2.63. The van der Waals surface area contributed by atoms with Crippen LogP contribution in [0, 0.1) is 6.92 Å². The van der Waals surface area contributed by atoms with Gasteiger partial charge in [-0.25, -0.2) is 9.97 Å². The largest absolute Gasteiger partial charge is 0.392 e. The second kappa shape index (κ2) is 5.62. The minimum absolute atomic E-state index is 0.0462. The average molecular weight is 311 g/mol. The SMILES string of the molecule is Cc1cnc(Sc2ccc(CO)cc2Br)nc1. The standard InChI is InChI=1S/C12H11BrN2OS/c1-8-5-14-12(15-6-8)17-11-3-2-9(7-16)4-10(11)13/h2-6,16H,7H2,1H3. The summed E-state index contributed by atoms with van der Waals surface area (Å²) >= 11 is 4.96. The molecule has 0 fully saturated rings. The molecule has 1 aromatic carbocycles. The van der Waals surface area contributed by atoms with E-state index in [4.69, 9.17) is 5.11 Å². The van der Waals surface area contributed by atoms with E-state index in [1.54, 1.807) is 12.4 Å². The predicted octanol–water partition coefficient (Wildman–Crippen LogP) is 3.19. The van der Waals surface area contributed by atoms with E-state index in [0.717, 1.165) is 20.5 Å². The number of hydrogen-bond donors (Lipinski definition) is 1. The zero-order chi connectivity index (χ0) is 12.3. The minimum Gasteiger partial charge on any atom is -0.392 e. The van der Waals surface area contributed by atoms with Crippen LogP contribution in [0.15, 0.2) is 45.1 Å². The van der Waals surface area contributed by atoms with Crippen molar-refractivity contribution in [1.29, 1.82) is 0 Å². The molecule has 0 atom stereocenters. The van der Waals surface area contributed by atoms with E-state index >= 15 is 0 Å². The van der Waals surface area contributed by atoms with Gasteiger partial charge in [-0.05, 0) is 57.9 Å². The second-order valence-electron chi connectivity index (χ2n) is 3.57. The van der Waals surface area contributed by atoms with Crippen LogP contribution >= 0.6 is 27.7 Å². The number of aryl methyl sites for hydroxylation is 1. The van der Waals surface area contributed by atoms with E-state index in [1.165, 1.54) is 11.8 Å². The predicted molar refractivity (Wildman–Crippen MR) is 71.0 cm³/mol. The maximum Gasteiger partial charge on any atom is 0.192 e. The van der Waals surface area contributed by atoms with E-state index < -0.39 is 0 Å². The lowest BCUT2D eigenvalue weighted by Crippen LogP contribution is -1.88. The van der Waals surface area contributed by atoms with E-state index in [9.17, 15) is 0 Å². The molecule has 0 aliphatic rings. The molecule has 88 valence electrons. The summed E-state index contributed by atoms with van der Waals surface area (Å²) in [6, 6.07) is 5.74. The number of nitrogens with zero attached hydrogens (tertiary/aromatic N) is 2. The molecule has 0 radical (unpaired) electrons. The zero-order valence-electron chi connectivity index (χ0n) is 9.22. The lowest BCUT2D eigenvalue weighted by Gasteiger charge is -2.04. The highest BCUT2D eigenvalue weighted by atomic mass is 79.9. The fourth-order valence-electron chi connectivity index (χ4n) is 1.26. The van der Waals surface area contributed by atoms with Crippen LogP contribution in [0.5, 0.6) is 0 Å². The maximum atomic E-state index is 9.02. The molecule has 0 bridgehead atoms. The monoisotopic (exact) mass is 310 g/mol. The summed E-state index contributed by atoms with van der Waals surface area (Å²) in [5.41, 5.74) is 1.93. The molecule has 0 saturated heterocycles. The average Bonchev–Trinajstić information content (AvgIpc) is 2.34. The first-order valence-electron chi connectivity index (χ1n) is 5.05. The summed E-state index contributed by atoms with van der Waals surface area (Å²) in [7, 11) is 0. The Morgan fingerprint density at radius 1 is 1.29 bits per heavy atom. The summed E-state index contributed by atoms with van der Waals surface area (Å²) < 4.78 is 0.943. The highest BCUT2D eigenvalue weighted by molar-refractivity contribution is 9.10. The Morgan fingerprint density at radius 3 is 2.59 bits per heavy atom. The topological polar surface area (TPSA) is 46.0 Å². The van der Waals surface area contributed by atoms with E-state index in [0.29, 0.717) is 5.16 Å². The number of aliphatic hydroxyl groups is 1. The van der Waals surface area contributed by atoms with Gasteiger partial charge in [0.1, 0.15) is 0 Å². The Balaban J connectivity index is 2.21. The summed E-state index contributed by atoms with van der Waals surface area (Å²) in [5, 5.41) is 9.74. The lowest BCUT2D eigenvalue weighted by atomic mass is 10.2. The van der Waals surface area contributed by atoms with Crippen molar-refractivity contribution in [2.45, 2.75) is 23.6 Å². The smallest absolute Gasteiger partial charge is 0.192 e. The molecule has 1 N–H and O–H groups in total. The molecule has 0 amide bonds. The molecule has 17 heavy (non-hydrogen) atoms. The van der Waals surface area contributed by atoms with Crippen LogP contribution in [0.1, 0.15) is 11.1 Å². The van der Waals surface area contributed by atoms with Gasteiger partial charge in [-0.2, -0.15) is 0 Å². The molecular weight excluding hydrogens is 300 g/mol. The molecule has 0 unspecified atom stereocenters. The van der Waals surface area contributed by atoms with E-state index in [2.05, 4.69) is 25.9 Å². The molecule has 2 rings (SSSR count). The van der Waals surface area contributed by atoms with Crippen molar-refractivity contribution in [3.05, 3.63) is 46.2 Å². The number of benzene rings is 1. The maximum absolute atomic E-state index is 9.02. The van der Waals surface area contributed by atoms with Gasteiger partial charge in [0.15, 0.2) is 5.16 Å². The van der Waals surface area contributed by atoms with Crippen LogP contribution in [0.3, 0.4) is 0 Å². The van der Waals surface area contributed by atoms with Crippen LogP contribution in [-0.2, 0) is 6.61 Å². The third-order valence-electron chi connectivity index (χ3n) is 2.14. The Labute approximate surface area is 112 Å². The Hall–Kier alpha value is -0.910. The Bertz CT molecular complexity index is 516. The van der Waals surface area contributed by atoms with Gasteiger partial charge in [-0.1, -0.05) is 6.07 Å². The second-order valence-corrected chi connectivity index (χ2v) is 5.43. The first-order valence-corrected chi connectivity index (χ1v) is 6.66. The molecule has 0 aliphatic heterocycles. The van der Waals surface area contributed by atoms with Gasteiger partial charge in [0, 0.05) is 21.8 Å². The van der Waals surface area contributed by atoms with Gasteiger partial charge in [-0.15, -0.1) is 0 Å². The van der Waals surface area contributed by atoms with Crippen LogP contribution in [0.4, 0.5) is 0 Å². The molecule has 5 heteroatoms. The van der Waals surface area contributed by atoms with E-state index in [-0.39, 0.29) is 6.61 Å². The van der Waals surface area contributed by atoms with Crippen molar-refractivity contribution in [3.8, 4) is 0 Å². The molecule has 1 aromatic heterocycles. The quantitative estimate of drug-likeness (QED) is 0.884. The van der Waals surface area contributed by atoms with Gasteiger partial charge in [0.25, 0.3) is 0 Å². The van der Waals surface area contributed by atoms with Crippen molar-refractivity contribution in [2.75, 3.05) is 0 Å². The summed E-state index contributed by atoms with van der Waals surface area (Å²) in [6.07, 6.45) is 3.59. The third-order valence-corrected chi connectivity index (χ3v) is 4.03. The zero-order valence-corrected chi connectivity index (χ0v) is 11.6. The van der Waals surface area contributed by atoms with Gasteiger partial charge in [0.05, 0.1) is 6.61 Å². The van der Waals surface area contributed by atoms with Crippen LogP contribution < -0.4 is 0 Å². The normalized spacial score (nSPS) is 10.5. The van der Waals surface area contributed by atoms with Crippen LogP contribution in [0.2, 0.25) is 0 Å². The van der Waals surface area contributed by atoms with Gasteiger partial charge in [-0.3, -0.25) is 0 Å². The Morgan fingerprint density at radius 2 is 2.00 bits per heavy atom. The van der Waals surface area contributed by atoms with Crippen LogP contribution in [-0.4, -0.2) is 15.1 Å². The molecule has 1 heterocycles. The highest BCUT2D eigenvalue weighted by Gasteiger charge is 2.05. The van der Waals surface area contributed by atoms with E-state index in [1.807, 2.05) is 25.1 Å². The Kier molecular flexibility index (Phi) is 4.15. The van der Waals surface area contributed by atoms with Gasteiger partial charge < -0.3 is 5.11 Å². The molecule has 2 aromatic rings. The van der Waals surface area contributed by atoms with Gasteiger partial charge >= 0.3 is 0 Å². The van der Waals surface area contributed by atoms with Crippen molar-refractivity contribution >= 4 is 27.7 Å². The molecule has 0 spiro atoms.